The van der Waals surface area contributed by atoms with Crippen LogP contribution in [0.5, 0.6) is 0 Å². The summed E-state index contributed by atoms with van der Waals surface area (Å²) < 4.78 is 81.1. The van der Waals surface area contributed by atoms with Crippen LogP contribution in [0.2, 0.25) is 5.15 Å². The lowest BCUT2D eigenvalue weighted by atomic mass is 10.0. The van der Waals surface area contributed by atoms with Crippen molar-refractivity contribution >= 4 is 51.4 Å². The van der Waals surface area contributed by atoms with Crippen molar-refractivity contribution in [2.75, 3.05) is 26.2 Å². The average molecular weight is 604 g/mol. The first-order chi connectivity index (χ1) is 18.8. The number of piperazine rings is 1. The lowest BCUT2D eigenvalue weighted by molar-refractivity contribution is -0.143. The fourth-order valence-electron chi connectivity index (χ4n) is 4.49. The third-order valence-corrected chi connectivity index (χ3v) is 7.77. The Morgan fingerprint density at radius 2 is 1.90 bits per heavy atom. The second kappa shape index (κ2) is 10.7. The number of halogens is 7. The molecule has 0 bridgehead atoms. The van der Waals surface area contributed by atoms with E-state index in [1.54, 1.807) is 24.3 Å². The van der Waals surface area contributed by atoms with E-state index >= 15 is 0 Å². The van der Waals surface area contributed by atoms with E-state index < -0.39 is 41.5 Å². The molecule has 1 atom stereocenters. The number of aliphatic hydroxyl groups excluding tert-OH is 1. The summed E-state index contributed by atoms with van der Waals surface area (Å²) in [6.45, 7) is 1.24. The number of hydrogen-bond donors (Lipinski definition) is 2. The minimum absolute atomic E-state index is 0.0195. The molecule has 2 aromatic carbocycles. The van der Waals surface area contributed by atoms with Gasteiger partial charge in [-0.2, -0.15) is 36.4 Å². The van der Waals surface area contributed by atoms with Crippen LogP contribution in [0.15, 0.2) is 46.3 Å². The fourth-order valence-corrected chi connectivity index (χ4v) is 5.68. The number of benzene rings is 2. The highest BCUT2D eigenvalue weighted by molar-refractivity contribution is 8.18. The quantitative estimate of drug-likeness (QED) is 0.322. The number of amides is 1. The molecule has 2 aliphatic heterocycles. The predicted molar refractivity (Wildman–Crippen MR) is 139 cm³/mol. The van der Waals surface area contributed by atoms with Gasteiger partial charge in [0.05, 0.1) is 34.7 Å². The lowest BCUT2D eigenvalue weighted by Gasteiger charge is -2.33. The van der Waals surface area contributed by atoms with Crippen LogP contribution in [0.1, 0.15) is 22.3 Å². The fraction of sp³-hybridized carbons (Fsp3) is 0.320. The summed E-state index contributed by atoms with van der Waals surface area (Å²) in [4.78, 5) is 18.9. The standard InChI is InChI=1S/C25H20ClF6N5O2S/c26-21-17-7-13(8-20-22(39)34-23(40-20)36-6-5-33-16(11-36)12-38)1-4-19(17)37(35-21)10-14-2-3-15(24(27,28)29)9-18(14)25(30,31)32/h1-4,7-9,16,33,38H,5-6,10-12H2. The molecule has 40 heavy (non-hydrogen) atoms. The molecular weight excluding hydrogens is 584 g/mol. The zero-order valence-corrected chi connectivity index (χ0v) is 21.9. The maximum absolute atomic E-state index is 13.6. The Bertz CT molecular complexity index is 1530. The Morgan fingerprint density at radius 1 is 1.12 bits per heavy atom. The molecule has 1 unspecified atom stereocenters. The molecule has 212 valence electrons. The van der Waals surface area contributed by atoms with Crippen molar-refractivity contribution in [2.24, 2.45) is 4.99 Å². The van der Waals surface area contributed by atoms with Crippen molar-refractivity contribution in [1.29, 1.82) is 0 Å². The van der Waals surface area contributed by atoms with E-state index in [2.05, 4.69) is 15.4 Å². The highest BCUT2D eigenvalue weighted by Crippen LogP contribution is 2.38. The summed E-state index contributed by atoms with van der Waals surface area (Å²) in [5, 5.41) is 17.6. The number of nitrogens with one attached hydrogen (secondary N) is 1. The lowest BCUT2D eigenvalue weighted by Crippen LogP contribution is -2.53. The largest absolute Gasteiger partial charge is 0.416 e. The number of carbonyl (C=O) groups excluding carboxylic acids is 1. The number of fused-ring (bicyclic) bond motifs is 1. The molecule has 1 aromatic heterocycles. The topological polar surface area (TPSA) is 82.8 Å². The van der Waals surface area contributed by atoms with Gasteiger partial charge in [0, 0.05) is 31.1 Å². The van der Waals surface area contributed by atoms with Crippen molar-refractivity contribution < 1.29 is 36.2 Å². The zero-order chi connectivity index (χ0) is 28.8. The van der Waals surface area contributed by atoms with Crippen LogP contribution in [-0.4, -0.2) is 63.1 Å². The van der Waals surface area contributed by atoms with Gasteiger partial charge < -0.3 is 15.3 Å². The average Bonchev–Trinajstić information content (AvgIpc) is 3.41. The first kappa shape index (κ1) is 28.5. The second-order valence-corrected chi connectivity index (χ2v) is 10.5. The molecule has 3 heterocycles. The van der Waals surface area contributed by atoms with E-state index in [0.29, 0.717) is 52.2 Å². The van der Waals surface area contributed by atoms with Gasteiger partial charge in [0.2, 0.25) is 0 Å². The number of carbonyl (C=O) groups is 1. The Hall–Kier alpha value is -3.07. The molecule has 1 fully saturated rings. The van der Waals surface area contributed by atoms with Crippen molar-refractivity contribution in [1.82, 2.24) is 20.0 Å². The summed E-state index contributed by atoms with van der Waals surface area (Å²) in [6.07, 6.45) is -8.33. The molecule has 1 amide bonds. The van der Waals surface area contributed by atoms with Gasteiger partial charge >= 0.3 is 12.4 Å². The zero-order valence-electron chi connectivity index (χ0n) is 20.4. The molecule has 15 heteroatoms. The number of nitrogens with zero attached hydrogens (tertiary/aromatic N) is 4. The predicted octanol–water partition coefficient (Wildman–Crippen LogP) is 5.01. The maximum atomic E-state index is 13.6. The van der Waals surface area contributed by atoms with Gasteiger partial charge in [-0.25, -0.2) is 0 Å². The van der Waals surface area contributed by atoms with E-state index in [1.165, 1.54) is 16.4 Å². The summed E-state index contributed by atoms with van der Waals surface area (Å²) in [6, 6.07) is 6.14. The molecule has 5 rings (SSSR count). The molecule has 2 N–H and O–H groups in total. The first-order valence-electron chi connectivity index (χ1n) is 11.9. The van der Waals surface area contributed by atoms with Crippen LogP contribution in [0, 0.1) is 0 Å². The number of thioether (sulfide) groups is 1. The van der Waals surface area contributed by atoms with Crippen molar-refractivity contribution in [2.45, 2.75) is 24.9 Å². The third kappa shape index (κ3) is 5.85. The van der Waals surface area contributed by atoms with Gasteiger partial charge in [0.15, 0.2) is 10.3 Å². The second-order valence-electron chi connectivity index (χ2n) is 9.18. The monoisotopic (exact) mass is 603 g/mol. The van der Waals surface area contributed by atoms with Crippen LogP contribution in [0.3, 0.4) is 0 Å². The Labute approximate surface area is 232 Å². The maximum Gasteiger partial charge on any atom is 0.416 e. The minimum Gasteiger partial charge on any atom is -0.395 e. The number of amidine groups is 1. The minimum atomic E-state index is -5.02. The Morgan fingerprint density at radius 3 is 2.60 bits per heavy atom. The van der Waals surface area contributed by atoms with Crippen LogP contribution in [-0.2, 0) is 23.7 Å². The molecule has 0 spiro atoms. The highest BCUT2D eigenvalue weighted by Gasteiger charge is 2.38. The van der Waals surface area contributed by atoms with Crippen LogP contribution < -0.4 is 5.32 Å². The number of rotatable bonds is 4. The van der Waals surface area contributed by atoms with E-state index in [9.17, 15) is 36.2 Å². The van der Waals surface area contributed by atoms with Gasteiger partial charge in [-0.15, -0.1) is 0 Å². The van der Waals surface area contributed by atoms with Gasteiger partial charge in [0.25, 0.3) is 5.91 Å². The number of aliphatic imine (C=N–C) groups is 1. The number of hydrogen-bond acceptors (Lipinski definition) is 6. The molecule has 3 aromatic rings. The van der Waals surface area contributed by atoms with E-state index in [0.717, 1.165) is 6.07 Å². The molecule has 0 radical (unpaired) electrons. The van der Waals surface area contributed by atoms with Crippen molar-refractivity contribution in [3.8, 4) is 0 Å². The van der Waals surface area contributed by atoms with E-state index in [-0.39, 0.29) is 23.9 Å². The Balaban J connectivity index is 1.40. The molecular formula is C25H20ClF6N5O2S. The third-order valence-electron chi connectivity index (χ3n) is 6.45. The van der Waals surface area contributed by atoms with Gasteiger partial charge in [-0.05, 0) is 53.2 Å². The van der Waals surface area contributed by atoms with Gasteiger partial charge in [-0.3, -0.25) is 9.48 Å². The summed E-state index contributed by atoms with van der Waals surface area (Å²) in [7, 11) is 0. The normalized spacial score (nSPS) is 19.6. The van der Waals surface area contributed by atoms with Crippen molar-refractivity contribution in [3.05, 3.63) is 68.7 Å². The summed E-state index contributed by atoms with van der Waals surface area (Å²) in [5.41, 5.74) is -2.28. The van der Waals surface area contributed by atoms with Crippen LogP contribution >= 0.6 is 23.4 Å². The van der Waals surface area contributed by atoms with Gasteiger partial charge in [0.1, 0.15) is 0 Å². The molecule has 1 saturated heterocycles. The van der Waals surface area contributed by atoms with E-state index in [4.69, 9.17) is 11.6 Å². The first-order valence-corrected chi connectivity index (χ1v) is 13.1. The van der Waals surface area contributed by atoms with Crippen molar-refractivity contribution in [3.63, 3.8) is 0 Å². The molecule has 2 aliphatic rings. The Kier molecular flexibility index (Phi) is 7.63. The smallest absolute Gasteiger partial charge is 0.395 e. The number of alkyl halides is 6. The molecule has 7 nitrogen and oxygen atoms in total. The number of aromatic nitrogens is 2. The highest BCUT2D eigenvalue weighted by atomic mass is 35.5. The molecule has 0 aliphatic carbocycles. The molecule has 0 saturated carbocycles. The SMILES string of the molecule is O=C1N=C(N2CCNC(CO)C2)SC1=Cc1ccc2c(c1)c(Cl)nn2Cc1ccc(C(F)(F)F)cc1C(F)(F)F. The summed E-state index contributed by atoms with van der Waals surface area (Å²) in [5.74, 6) is -0.428. The van der Waals surface area contributed by atoms with Gasteiger partial charge in [-0.1, -0.05) is 23.7 Å². The van der Waals surface area contributed by atoms with E-state index in [1.807, 2.05) is 4.90 Å². The summed E-state index contributed by atoms with van der Waals surface area (Å²) >= 11 is 7.47. The van der Waals surface area contributed by atoms with Crippen LogP contribution in [0.25, 0.3) is 17.0 Å². The number of aliphatic hydroxyl groups is 1. The van der Waals surface area contributed by atoms with Crippen LogP contribution in [0.4, 0.5) is 26.3 Å².